The van der Waals surface area contributed by atoms with E-state index in [9.17, 15) is 4.39 Å². The van der Waals surface area contributed by atoms with Gasteiger partial charge in [0.05, 0.1) is 6.54 Å². The van der Waals surface area contributed by atoms with Crippen molar-refractivity contribution in [3.63, 3.8) is 0 Å². The largest absolute Gasteiger partial charge is 0.488 e. The molecule has 0 radical (unpaired) electrons. The van der Waals surface area contributed by atoms with Gasteiger partial charge in [0.15, 0.2) is 5.96 Å². The average Bonchev–Trinajstić information content (AvgIpc) is 2.52. The van der Waals surface area contributed by atoms with Gasteiger partial charge in [0.25, 0.3) is 0 Å². The van der Waals surface area contributed by atoms with Crippen molar-refractivity contribution < 1.29 is 9.13 Å². The number of guanidine groups is 1. The van der Waals surface area contributed by atoms with Crippen LogP contribution in [0.2, 0.25) is 0 Å². The molecule has 0 aromatic heterocycles. The van der Waals surface area contributed by atoms with Crippen LogP contribution in [0.1, 0.15) is 13.3 Å². The minimum Gasteiger partial charge on any atom is -0.488 e. The summed E-state index contributed by atoms with van der Waals surface area (Å²) in [5.74, 6) is 3.00. The highest BCUT2D eigenvalue weighted by molar-refractivity contribution is 14.0. The maximum absolute atomic E-state index is 13.1. The van der Waals surface area contributed by atoms with Gasteiger partial charge in [-0.1, -0.05) is 13.0 Å². The lowest BCUT2D eigenvalue weighted by molar-refractivity contribution is 0.204. The Bertz CT molecular complexity index is 484. The minimum absolute atomic E-state index is 0. The first-order valence-electron chi connectivity index (χ1n) is 7.24. The minimum atomic E-state index is -0.295. The van der Waals surface area contributed by atoms with E-state index in [-0.39, 0.29) is 35.9 Å². The Hall–Kier alpha value is -0.700. The van der Waals surface area contributed by atoms with Crippen molar-refractivity contribution in [3.8, 4) is 5.75 Å². The summed E-state index contributed by atoms with van der Waals surface area (Å²) in [6, 6.07) is 6.18. The Morgan fingerprint density at radius 3 is 2.82 bits per heavy atom. The van der Waals surface area contributed by atoms with Gasteiger partial charge in [-0.3, -0.25) is 0 Å². The SMILES string of the molecule is CCC(CN=C(N)N1CCSCC1)Oc1cccc(F)c1.I. The number of rotatable bonds is 5. The normalized spacial score (nSPS) is 16.8. The average molecular weight is 439 g/mol. The molecule has 0 bridgehead atoms. The van der Waals surface area contributed by atoms with Gasteiger partial charge in [-0.05, 0) is 18.6 Å². The van der Waals surface area contributed by atoms with Gasteiger partial charge in [-0.15, -0.1) is 24.0 Å². The quantitative estimate of drug-likeness (QED) is 0.436. The second-order valence-electron chi connectivity index (χ2n) is 4.90. The lowest BCUT2D eigenvalue weighted by Crippen LogP contribution is -2.43. The number of aliphatic imine (C=N–C) groups is 1. The molecule has 124 valence electrons. The van der Waals surface area contributed by atoms with Crippen molar-refractivity contribution >= 4 is 41.7 Å². The second-order valence-corrected chi connectivity index (χ2v) is 6.13. The fraction of sp³-hybridized carbons (Fsp3) is 0.533. The van der Waals surface area contributed by atoms with Crippen LogP contribution in [0.25, 0.3) is 0 Å². The molecule has 0 aliphatic carbocycles. The van der Waals surface area contributed by atoms with Crippen LogP contribution in [-0.2, 0) is 0 Å². The number of halogens is 2. The molecular weight excluding hydrogens is 416 g/mol. The second kappa shape index (κ2) is 10.1. The van der Waals surface area contributed by atoms with Crippen molar-refractivity contribution in [2.45, 2.75) is 19.4 Å². The van der Waals surface area contributed by atoms with Gasteiger partial charge >= 0.3 is 0 Å². The Labute approximate surface area is 152 Å². The van der Waals surface area contributed by atoms with Crippen LogP contribution in [-0.4, -0.2) is 48.1 Å². The van der Waals surface area contributed by atoms with Crippen LogP contribution in [0.4, 0.5) is 4.39 Å². The zero-order valence-electron chi connectivity index (χ0n) is 12.7. The molecule has 1 atom stereocenters. The predicted molar refractivity (Wildman–Crippen MR) is 102 cm³/mol. The van der Waals surface area contributed by atoms with Gasteiger partial charge < -0.3 is 15.4 Å². The Kier molecular flexibility index (Phi) is 8.92. The molecule has 1 aromatic carbocycles. The Morgan fingerprint density at radius 2 is 2.18 bits per heavy atom. The zero-order chi connectivity index (χ0) is 15.1. The number of hydrogen-bond acceptors (Lipinski definition) is 3. The third kappa shape index (κ3) is 6.20. The first-order valence-corrected chi connectivity index (χ1v) is 8.39. The number of thioether (sulfide) groups is 1. The molecule has 22 heavy (non-hydrogen) atoms. The van der Waals surface area contributed by atoms with Gasteiger partial charge in [0.1, 0.15) is 17.7 Å². The van der Waals surface area contributed by atoms with Crippen LogP contribution < -0.4 is 10.5 Å². The van der Waals surface area contributed by atoms with Crippen LogP contribution >= 0.6 is 35.7 Å². The van der Waals surface area contributed by atoms with E-state index in [1.807, 2.05) is 18.7 Å². The smallest absolute Gasteiger partial charge is 0.191 e. The van der Waals surface area contributed by atoms with Crippen molar-refractivity contribution in [1.29, 1.82) is 0 Å². The number of nitrogens with zero attached hydrogens (tertiary/aromatic N) is 2. The molecule has 1 aliphatic rings. The summed E-state index contributed by atoms with van der Waals surface area (Å²) in [6.07, 6.45) is 0.702. The first kappa shape index (κ1) is 19.3. The van der Waals surface area contributed by atoms with E-state index in [1.54, 1.807) is 12.1 Å². The third-order valence-corrected chi connectivity index (χ3v) is 4.29. The summed E-state index contributed by atoms with van der Waals surface area (Å²) < 4.78 is 18.9. The maximum atomic E-state index is 13.1. The molecule has 0 amide bonds. The summed E-state index contributed by atoms with van der Waals surface area (Å²) in [5, 5.41) is 0. The summed E-state index contributed by atoms with van der Waals surface area (Å²) in [6.45, 7) is 4.40. The lowest BCUT2D eigenvalue weighted by atomic mass is 10.2. The van der Waals surface area contributed by atoms with Crippen LogP contribution in [0, 0.1) is 5.82 Å². The van der Waals surface area contributed by atoms with Gasteiger partial charge in [0, 0.05) is 30.7 Å². The molecular formula is C15H23FIN3OS. The third-order valence-electron chi connectivity index (χ3n) is 3.35. The number of ether oxygens (including phenoxy) is 1. The molecule has 1 aliphatic heterocycles. The van der Waals surface area contributed by atoms with Gasteiger partial charge in [0.2, 0.25) is 0 Å². The van der Waals surface area contributed by atoms with Crippen molar-refractivity contribution in [1.82, 2.24) is 4.90 Å². The van der Waals surface area contributed by atoms with E-state index >= 15 is 0 Å². The van der Waals surface area contributed by atoms with Crippen LogP contribution in [0.15, 0.2) is 29.3 Å². The highest BCUT2D eigenvalue weighted by Crippen LogP contribution is 2.15. The van der Waals surface area contributed by atoms with Crippen molar-refractivity contribution in [3.05, 3.63) is 30.1 Å². The number of nitrogens with two attached hydrogens (primary N) is 1. The molecule has 1 unspecified atom stereocenters. The monoisotopic (exact) mass is 439 g/mol. The summed E-state index contributed by atoms with van der Waals surface area (Å²) >= 11 is 1.94. The summed E-state index contributed by atoms with van der Waals surface area (Å²) in [4.78, 5) is 6.53. The zero-order valence-corrected chi connectivity index (χ0v) is 15.9. The summed E-state index contributed by atoms with van der Waals surface area (Å²) in [7, 11) is 0. The van der Waals surface area contributed by atoms with Gasteiger partial charge in [-0.2, -0.15) is 11.8 Å². The van der Waals surface area contributed by atoms with E-state index in [0.29, 0.717) is 18.3 Å². The van der Waals surface area contributed by atoms with Crippen molar-refractivity contribution in [2.24, 2.45) is 10.7 Å². The fourth-order valence-corrected chi connectivity index (χ4v) is 2.97. The molecule has 1 saturated heterocycles. The van der Waals surface area contributed by atoms with E-state index < -0.39 is 0 Å². The highest BCUT2D eigenvalue weighted by Gasteiger charge is 2.13. The molecule has 1 aromatic rings. The topological polar surface area (TPSA) is 50.8 Å². The maximum Gasteiger partial charge on any atom is 0.191 e. The molecule has 4 nitrogen and oxygen atoms in total. The predicted octanol–water partition coefficient (Wildman–Crippen LogP) is 2.96. The number of benzene rings is 1. The fourth-order valence-electron chi connectivity index (χ4n) is 2.07. The first-order chi connectivity index (χ1) is 10.2. The molecule has 1 fully saturated rings. The van der Waals surface area contributed by atoms with E-state index in [4.69, 9.17) is 10.5 Å². The molecule has 1 heterocycles. The molecule has 2 N–H and O–H groups in total. The van der Waals surface area contributed by atoms with Gasteiger partial charge in [-0.25, -0.2) is 9.38 Å². The number of hydrogen-bond donors (Lipinski definition) is 1. The molecule has 2 rings (SSSR count). The Morgan fingerprint density at radius 1 is 1.45 bits per heavy atom. The summed E-state index contributed by atoms with van der Waals surface area (Å²) in [5.41, 5.74) is 6.02. The van der Waals surface area contributed by atoms with E-state index in [0.717, 1.165) is 31.0 Å². The van der Waals surface area contributed by atoms with Crippen LogP contribution in [0.3, 0.4) is 0 Å². The highest BCUT2D eigenvalue weighted by atomic mass is 127. The van der Waals surface area contributed by atoms with Crippen LogP contribution in [0.5, 0.6) is 5.75 Å². The lowest BCUT2D eigenvalue weighted by Gasteiger charge is -2.27. The molecule has 7 heteroatoms. The van der Waals surface area contributed by atoms with E-state index in [2.05, 4.69) is 9.89 Å². The Balaban J connectivity index is 0.00000242. The molecule has 0 spiro atoms. The standard InChI is InChI=1S/C15H22FN3OS.HI/c1-2-13(20-14-5-3-4-12(16)10-14)11-18-15(17)19-6-8-21-9-7-19;/h3-5,10,13H,2,6-9,11H2,1H3,(H2,17,18);1H. The van der Waals surface area contributed by atoms with Crippen molar-refractivity contribution in [2.75, 3.05) is 31.1 Å². The molecule has 0 saturated carbocycles. The van der Waals surface area contributed by atoms with E-state index in [1.165, 1.54) is 12.1 Å².